The summed E-state index contributed by atoms with van der Waals surface area (Å²) in [5.41, 5.74) is 0. The summed E-state index contributed by atoms with van der Waals surface area (Å²) in [5.74, 6) is 1.30. The Labute approximate surface area is 78.0 Å². The number of amides is 1. The third kappa shape index (κ3) is 1.34. The Bertz CT molecular complexity index is 316. The van der Waals surface area contributed by atoms with E-state index in [1.807, 2.05) is 23.2 Å². The number of anilines is 1. The van der Waals surface area contributed by atoms with Gasteiger partial charge in [-0.2, -0.15) is 0 Å². The second-order valence-corrected chi connectivity index (χ2v) is 3.30. The Morgan fingerprint density at radius 1 is 1.54 bits per heavy atom. The average Bonchev–Trinajstić information content (AvgIpc) is 2.71. The van der Waals surface area contributed by atoms with Crippen LogP contribution in [0.3, 0.4) is 0 Å². The fourth-order valence-corrected chi connectivity index (χ4v) is 1.81. The minimum absolute atomic E-state index is 0.258. The summed E-state index contributed by atoms with van der Waals surface area (Å²) in [6.45, 7) is 3.89. The maximum Gasteiger partial charge on any atom is 0.228 e. The molecule has 2 rings (SSSR count). The van der Waals surface area contributed by atoms with Gasteiger partial charge in [0.15, 0.2) is 0 Å². The fraction of sp³-hybridized carbons (Fsp3) is 0.500. The summed E-state index contributed by atoms with van der Waals surface area (Å²) < 4.78 is 2.10. The minimum Gasteiger partial charge on any atom is -0.335 e. The van der Waals surface area contributed by atoms with Crippen LogP contribution in [0.5, 0.6) is 0 Å². The van der Waals surface area contributed by atoms with E-state index in [0.29, 0.717) is 6.42 Å². The smallest absolute Gasteiger partial charge is 0.228 e. The number of carbonyl (C=O) groups is 1. The molecule has 1 aromatic rings. The average molecular weight is 178 g/mol. The number of aromatic nitrogens is 1. The summed E-state index contributed by atoms with van der Waals surface area (Å²) >= 11 is 0. The molecule has 70 valence electrons. The van der Waals surface area contributed by atoms with Crippen molar-refractivity contribution >= 4 is 11.7 Å². The van der Waals surface area contributed by atoms with Crippen LogP contribution in [-0.4, -0.2) is 17.0 Å². The predicted octanol–water partition coefficient (Wildman–Crippen LogP) is 1.63. The van der Waals surface area contributed by atoms with Crippen LogP contribution in [0.4, 0.5) is 5.82 Å². The van der Waals surface area contributed by atoms with E-state index in [4.69, 9.17) is 0 Å². The van der Waals surface area contributed by atoms with Gasteiger partial charge < -0.3 is 4.57 Å². The van der Waals surface area contributed by atoms with Crippen molar-refractivity contribution in [1.82, 2.24) is 4.57 Å². The van der Waals surface area contributed by atoms with Gasteiger partial charge in [0.25, 0.3) is 0 Å². The van der Waals surface area contributed by atoms with Crippen LogP contribution in [-0.2, 0) is 11.3 Å². The predicted molar refractivity (Wildman–Crippen MR) is 51.7 cm³/mol. The Balaban J connectivity index is 2.28. The van der Waals surface area contributed by atoms with Gasteiger partial charge in [0.2, 0.25) is 5.91 Å². The van der Waals surface area contributed by atoms with E-state index < -0.39 is 0 Å². The van der Waals surface area contributed by atoms with Crippen molar-refractivity contribution < 1.29 is 4.79 Å². The van der Waals surface area contributed by atoms with Gasteiger partial charge >= 0.3 is 0 Å². The lowest BCUT2D eigenvalue weighted by Gasteiger charge is -2.17. The Kier molecular flexibility index (Phi) is 2.08. The summed E-state index contributed by atoms with van der Waals surface area (Å²) in [7, 11) is 0. The number of rotatable bonds is 2. The summed E-state index contributed by atoms with van der Waals surface area (Å²) in [5, 5.41) is 0. The van der Waals surface area contributed by atoms with Crippen LogP contribution in [0.1, 0.15) is 19.8 Å². The minimum atomic E-state index is 0.258. The molecule has 0 atom stereocenters. The molecule has 1 aliphatic rings. The van der Waals surface area contributed by atoms with Crippen molar-refractivity contribution in [3.63, 3.8) is 0 Å². The molecule has 1 aliphatic heterocycles. The molecule has 0 N–H and O–H groups in total. The maximum absolute atomic E-state index is 11.5. The van der Waals surface area contributed by atoms with Crippen LogP contribution in [0.15, 0.2) is 18.3 Å². The number of hydrogen-bond acceptors (Lipinski definition) is 1. The molecular formula is C10H14N2O. The molecule has 0 unspecified atom stereocenters. The van der Waals surface area contributed by atoms with Crippen molar-refractivity contribution in [2.24, 2.45) is 0 Å². The van der Waals surface area contributed by atoms with Crippen LogP contribution in [0.25, 0.3) is 0 Å². The van der Waals surface area contributed by atoms with Gasteiger partial charge in [-0.15, -0.1) is 0 Å². The van der Waals surface area contributed by atoms with Crippen molar-refractivity contribution in [1.29, 1.82) is 0 Å². The quantitative estimate of drug-likeness (QED) is 0.675. The van der Waals surface area contributed by atoms with Gasteiger partial charge in [-0.1, -0.05) is 0 Å². The first kappa shape index (κ1) is 8.35. The highest BCUT2D eigenvalue weighted by molar-refractivity contribution is 5.94. The molecule has 0 aliphatic carbocycles. The van der Waals surface area contributed by atoms with Crippen molar-refractivity contribution in [2.45, 2.75) is 26.3 Å². The maximum atomic E-state index is 11.5. The second kappa shape index (κ2) is 3.24. The molecule has 13 heavy (non-hydrogen) atoms. The van der Waals surface area contributed by atoms with E-state index in [1.165, 1.54) is 0 Å². The zero-order chi connectivity index (χ0) is 9.26. The van der Waals surface area contributed by atoms with E-state index in [1.54, 1.807) is 0 Å². The van der Waals surface area contributed by atoms with E-state index in [-0.39, 0.29) is 5.91 Å². The SMILES string of the molecule is CCn1cccc1N1CCCC1=O. The molecule has 1 amide bonds. The lowest BCUT2D eigenvalue weighted by molar-refractivity contribution is -0.117. The zero-order valence-electron chi connectivity index (χ0n) is 7.86. The van der Waals surface area contributed by atoms with E-state index in [9.17, 15) is 4.79 Å². The molecule has 0 aromatic carbocycles. The monoisotopic (exact) mass is 178 g/mol. The third-order valence-corrected chi connectivity index (χ3v) is 2.50. The van der Waals surface area contributed by atoms with Crippen LogP contribution in [0.2, 0.25) is 0 Å². The van der Waals surface area contributed by atoms with Gasteiger partial charge in [-0.05, 0) is 25.5 Å². The lowest BCUT2D eigenvalue weighted by atomic mass is 10.4. The highest BCUT2D eigenvalue weighted by Gasteiger charge is 2.23. The molecule has 3 nitrogen and oxygen atoms in total. The van der Waals surface area contributed by atoms with Gasteiger partial charge in [-0.25, -0.2) is 0 Å². The zero-order valence-corrected chi connectivity index (χ0v) is 7.86. The molecule has 0 radical (unpaired) electrons. The molecule has 0 bridgehead atoms. The molecular weight excluding hydrogens is 164 g/mol. The molecule has 1 fully saturated rings. The number of hydrogen-bond donors (Lipinski definition) is 0. The summed E-state index contributed by atoms with van der Waals surface area (Å²) in [4.78, 5) is 13.3. The first-order valence-corrected chi connectivity index (χ1v) is 4.78. The standard InChI is InChI=1S/C10H14N2O/c1-2-11-7-3-5-9(11)12-8-4-6-10(12)13/h3,5,7H,2,4,6,8H2,1H3. The number of aryl methyl sites for hydroxylation is 1. The number of carbonyl (C=O) groups excluding carboxylic acids is 1. The first-order valence-electron chi connectivity index (χ1n) is 4.78. The molecule has 0 spiro atoms. The largest absolute Gasteiger partial charge is 0.335 e. The first-order chi connectivity index (χ1) is 6.33. The Morgan fingerprint density at radius 3 is 3.00 bits per heavy atom. The lowest BCUT2D eigenvalue weighted by Crippen LogP contribution is -2.26. The van der Waals surface area contributed by atoms with Crippen molar-refractivity contribution in [3.05, 3.63) is 18.3 Å². The normalized spacial score (nSPS) is 17.0. The van der Waals surface area contributed by atoms with Crippen LogP contribution < -0.4 is 4.90 Å². The molecule has 1 aromatic heterocycles. The number of nitrogens with zero attached hydrogens (tertiary/aromatic N) is 2. The highest BCUT2D eigenvalue weighted by atomic mass is 16.2. The fourth-order valence-electron chi connectivity index (χ4n) is 1.81. The van der Waals surface area contributed by atoms with Gasteiger partial charge in [0, 0.05) is 25.7 Å². The molecule has 2 heterocycles. The second-order valence-electron chi connectivity index (χ2n) is 3.30. The highest BCUT2D eigenvalue weighted by Crippen LogP contribution is 2.21. The van der Waals surface area contributed by atoms with E-state index in [0.717, 1.165) is 25.3 Å². The molecule has 0 saturated carbocycles. The topological polar surface area (TPSA) is 25.2 Å². The van der Waals surface area contributed by atoms with Crippen LogP contribution >= 0.6 is 0 Å². The van der Waals surface area contributed by atoms with Gasteiger partial charge in [-0.3, -0.25) is 9.69 Å². The summed E-state index contributed by atoms with van der Waals surface area (Å²) in [6, 6.07) is 4.00. The molecule has 3 heteroatoms. The third-order valence-electron chi connectivity index (χ3n) is 2.50. The Morgan fingerprint density at radius 2 is 2.38 bits per heavy atom. The van der Waals surface area contributed by atoms with E-state index >= 15 is 0 Å². The van der Waals surface area contributed by atoms with Crippen molar-refractivity contribution in [2.75, 3.05) is 11.4 Å². The molecule has 1 saturated heterocycles. The summed E-state index contributed by atoms with van der Waals surface area (Å²) in [6.07, 6.45) is 3.71. The van der Waals surface area contributed by atoms with Gasteiger partial charge in [0.1, 0.15) is 5.82 Å². The van der Waals surface area contributed by atoms with Crippen LogP contribution in [0, 0.1) is 0 Å². The van der Waals surface area contributed by atoms with Gasteiger partial charge in [0.05, 0.1) is 0 Å². The Hall–Kier alpha value is -1.25. The van der Waals surface area contributed by atoms with E-state index in [2.05, 4.69) is 11.5 Å². The van der Waals surface area contributed by atoms with Crippen molar-refractivity contribution in [3.8, 4) is 0 Å².